The first-order chi connectivity index (χ1) is 9.13. The number of fused-ring (bicyclic) bond motifs is 1. The Morgan fingerprint density at radius 1 is 1.53 bits per heavy atom. The number of amides is 2. The Morgan fingerprint density at radius 2 is 2.37 bits per heavy atom. The van der Waals surface area contributed by atoms with Gasteiger partial charge in [-0.25, -0.2) is 4.79 Å². The number of cyclic esters (lactones) is 1. The molecule has 102 valence electrons. The van der Waals surface area contributed by atoms with Crippen LogP contribution < -0.4 is 0 Å². The number of hydrogen-bond donors (Lipinski definition) is 0. The minimum Gasteiger partial charge on any atom is -0.447 e. The molecule has 0 aromatic carbocycles. The van der Waals surface area contributed by atoms with E-state index >= 15 is 0 Å². The third kappa shape index (κ3) is 2.27. The van der Waals surface area contributed by atoms with Crippen LogP contribution in [-0.2, 0) is 16.0 Å². The van der Waals surface area contributed by atoms with Crippen LogP contribution in [0.15, 0.2) is 10.6 Å². The normalized spacial score (nSPS) is 22.4. The van der Waals surface area contributed by atoms with E-state index in [9.17, 15) is 9.59 Å². The quantitative estimate of drug-likeness (QED) is 0.763. The van der Waals surface area contributed by atoms with Crippen molar-refractivity contribution in [3.05, 3.63) is 17.5 Å². The number of nitrogens with zero attached hydrogens (tertiary/aromatic N) is 3. The Labute approximate surface area is 110 Å². The van der Waals surface area contributed by atoms with Crippen LogP contribution in [0, 0.1) is 6.92 Å². The van der Waals surface area contributed by atoms with Gasteiger partial charge >= 0.3 is 6.09 Å². The summed E-state index contributed by atoms with van der Waals surface area (Å²) in [6, 6.07) is 1.75. The zero-order valence-corrected chi connectivity index (χ0v) is 10.7. The maximum Gasteiger partial charge on any atom is 0.410 e. The van der Waals surface area contributed by atoms with Crippen LogP contribution in [0.1, 0.15) is 11.5 Å². The molecule has 19 heavy (non-hydrogen) atoms. The molecule has 3 rings (SSSR count). The fraction of sp³-hybridized carbons (Fsp3) is 0.583. The lowest BCUT2D eigenvalue weighted by molar-refractivity contribution is -0.132. The summed E-state index contributed by atoms with van der Waals surface area (Å²) in [6.07, 6.45) is -0.0644. The first-order valence-corrected chi connectivity index (χ1v) is 6.27. The van der Waals surface area contributed by atoms with E-state index in [0.29, 0.717) is 32.0 Å². The van der Waals surface area contributed by atoms with E-state index in [1.165, 1.54) is 0 Å². The van der Waals surface area contributed by atoms with Crippen LogP contribution in [0.25, 0.3) is 0 Å². The Kier molecular flexibility index (Phi) is 2.88. The van der Waals surface area contributed by atoms with Crippen molar-refractivity contribution in [2.75, 3.05) is 26.2 Å². The molecule has 7 nitrogen and oxygen atoms in total. The second-order valence-corrected chi connectivity index (χ2v) is 4.88. The van der Waals surface area contributed by atoms with E-state index < -0.39 is 0 Å². The van der Waals surface area contributed by atoms with Gasteiger partial charge in [-0.05, 0) is 6.92 Å². The lowest BCUT2D eigenvalue weighted by atomic mass is 10.2. The van der Waals surface area contributed by atoms with Gasteiger partial charge in [-0.3, -0.25) is 9.69 Å². The molecule has 0 bridgehead atoms. The number of rotatable bonds is 2. The molecule has 0 aliphatic carbocycles. The monoisotopic (exact) mass is 265 g/mol. The van der Waals surface area contributed by atoms with Crippen LogP contribution in [-0.4, -0.2) is 59.2 Å². The van der Waals surface area contributed by atoms with Crippen LogP contribution in [0.2, 0.25) is 0 Å². The number of aromatic nitrogens is 1. The van der Waals surface area contributed by atoms with E-state index in [4.69, 9.17) is 9.26 Å². The molecule has 1 aromatic heterocycles. The number of hydrogen-bond acceptors (Lipinski definition) is 5. The van der Waals surface area contributed by atoms with Crippen molar-refractivity contribution >= 4 is 12.0 Å². The van der Waals surface area contributed by atoms with Gasteiger partial charge in [-0.2, -0.15) is 0 Å². The van der Waals surface area contributed by atoms with Crippen molar-refractivity contribution in [2.45, 2.75) is 19.4 Å². The zero-order valence-electron chi connectivity index (χ0n) is 10.7. The van der Waals surface area contributed by atoms with Crippen molar-refractivity contribution in [1.82, 2.24) is 15.0 Å². The van der Waals surface area contributed by atoms with Crippen molar-refractivity contribution in [3.8, 4) is 0 Å². The summed E-state index contributed by atoms with van der Waals surface area (Å²) in [6.45, 7) is 3.78. The van der Waals surface area contributed by atoms with Gasteiger partial charge in [0, 0.05) is 25.7 Å². The lowest BCUT2D eigenvalue weighted by Gasteiger charge is -2.35. The molecule has 2 aliphatic rings. The highest BCUT2D eigenvalue weighted by Crippen LogP contribution is 2.18. The first-order valence-electron chi connectivity index (χ1n) is 6.27. The largest absolute Gasteiger partial charge is 0.447 e. The molecular weight excluding hydrogens is 250 g/mol. The predicted molar refractivity (Wildman–Crippen MR) is 63.4 cm³/mol. The molecule has 3 heterocycles. The number of piperazine rings is 1. The standard InChI is InChI=1S/C12H15N3O4/c1-8-4-10(19-13-8)5-11(16)14-2-3-15-9(6-14)7-18-12(15)17/h4,9H,2-3,5-7H2,1H3/t9-/m0/s1. The second-order valence-electron chi connectivity index (χ2n) is 4.88. The molecule has 2 amide bonds. The zero-order chi connectivity index (χ0) is 13.4. The summed E-state index contributed by atoms with van der Waals surface area (Å²) < 4.78 is 10.0. The van der Waals surface area contributed by atoms with Gasteiger partial charge in [0.1, 0.15) is 12.4 Å². The van der Waals surface area contributed by atoms with Gasteiger partial charge in [0.25, 0.3) is 0 Å². The van der Waals surface area contributed by atoms with Gasteiger partial charge < -0.3 is 14.2 Å². The van der Waals surface area contributed by atoms with Gasteiger partial charge in [0.15, 0.2) is 0 Å². The molecule has 0 spiro atoms. The van der Waals surface area contributed by atoms with Gasteiger partial charge in [-0.1, -0.05) is 5.16 Å². The Morgan fingerprint density at radius 3 is 3.11 bits per heavy atom. The molecule has 2 saturated heterocycles. The SMILES string of the molecule is Cc1cc(CC(=O)N2CCN3C(=O)OC[C@@H]3C2)on1. The average Bonchev–Trinajstić information content (AvgIpc) is 2.96. The minimum atomic E-state index is -0.275. The van der Waals surface area contributed by atoms with E-state index in [0.717, 1.165) is 5.69 Å². The van der Waals surface area contributed by atoms with Gasteiger partial charge in [0.05, 0.1) is 18.2 Å². The molecule has 0 saturated carbocycles. The van der Waals surface area contributed by atoms with E-state index in [-0.39, 0.29) is 24.5 Å². The Bertz CT molecular complexity index is 513. The summed E-state index contributed by atoms with van der Waals surface area (Å²) in [5.41, 5.74) is 0.766. The number of carbonyl (C=O) groups is 2. The molecule has 0 N–H and O–H groups in total. The summed E-state index contributed by atoms with van der Waals surface area (Å²) in [5.74, 6) is 0.568. The van der Waals surface area contributed by atoms with E-state index in [1.54, 1.807) is 15.9 Å². The van der Waals surface area contributed by atoms with Gasteiger partial charge in [0.2, 0.25) is 5.91 Å². The molecule has 2 aliphatic heterocycles. The van der Waals surface area contributed by atoms with E-state index in [1.807, 2.05) is 6.92 Å². The number of ether oxygens (including phenoxy) is 1. The Hall–Kier alpha value is -2.05. The molecule has 0 radical (unpaired) electrons. The third-order valence-corrected chi connectivity index (χ3v) is 3.47. The van der Waals surface area contributed by atoms with Crippen LogP contribution in [0.5, 0.6) is 0 Å². The van der Waals surface area contributed by atoms with Crippen molar-refractivity contribution in [1.29, 1.82) is 0 Å². The smallest absolute Gasteiger partial charge is 0.410 e. The van der Waals surface area contributed by atoms with Gasteiger partial charge in [-0.15, -0.1) is 0 Å². The molecule has 1 aromatic rings. The summed E-state index contributed by atoms with van der Waals surface area (Å²) in [5, 5.41) is 3.76. The summed E-state index contributed by atoms with van der Waals surface area (Å²) in [7, 11) is 0. The summed E-state index contributed by atoms with van der Waals surface area (Å²) in [4.78, 5) is 26.9. The number of carbonyl (C=O) groups excluding carboxylic acids is 2. The average molecular weight is 265 g/mol. The Balaban J connectivity index is 1.61. The molecule has 1 atom stereocenters. The van der Waals surface area contributed by atoms with Crippen molar-refractivity contribution < 1.29 is 18.8 Å². The van der Waals surface area contributed by atoms with Crippen molar-refractivity contribution in [3.63, 3.8) is 0 Å². The molecule has 2 fully saturated rings. The second kappa shape index (κ2) is 4.56. The van der Waals surface area contributed by atoms with Crippen molar-refractivity contribution in [2.24, 2.45) is 0 Å². The molecular formula is C12H15N3O4. The maximum atomic E-state index is 12.1. The highest BCUT2D eigenvalue weighted by atomic mass is 16.6. The minimum absolute atomic E-state index is 0.00449. The summed E-state index contributed by atoms with van der Waals surface area (Å²) >= 11 is 0. The predicted octanol–water partition coefficient (Wildman–Crippen LogP) is 0.189. The highest BCUT2D eigenvalue weighted by molar-refractivity contribution is 5.79. The lowest BCUT2D eigenvalue weighted by Crippen LogP contribution is -2.54. The third-order valence-electron chi connectivity index (χ3n) is 3.47. The van der Waals surface area contributed by atoms with Crippen LogP contribution in [0.3, 0.4) is 0 Å². The highest BCUT2D eigenvalue weighted by Gasteiger charge is 2.38. The fourth-order valence-corrected chi connectivity index (χ4v) is 2.48. The topological polar surface area (TPSA) is 75.9 Å². The first kappa shape index (κ1) is 12.0. The van der Waals surface area contributed by atoms with E-state index in [2.05, 4.69) is 5.16 Å². The maximum absolute atomic E-state index is 12.1. The van der Waals surface area contributed by atoms with Crippen LogP contribution in [0.4, 0.5) is 4.79 Å². The van der Waals surface area contributed by atoms with Crippen LogP contribution >= 0.6 is 0 Å². The fourth-order valence-electron chi connectivity index (χ4n) is 2.48. The molecule has 0 unspecified atom stereocenters. The molecule has 7 heteroatoms. The number of aryl methyl sites for hydroxylation is 1.